The molecule has 9 heteroatoms. The van der Waals surface area contributed by atoms with E-state index in [1.165, 1.54) is 0 Å². The van der Waals surface area contributed by atoms with E-state index in [4.69, 9.17) is 20.1 Å². The molecule has 0 radical (unpaired) electrons. The van der Waals surface area contributed by atoms with Gasteiger partial charge in [0.1, 0.15) is 0 Å². The smallest absolute Gasteiger partial charge is 0.475 e. The van der Waals surface area contributed by atoms with E-state index < -0.39 is 12.1 Å². The van der Waals surface area contributed by atoms with E-state index in [1.807, 2.05) is 32.9 Å². The molecule has 0 saturated heterocycles. The highest BCUT2D eigenvalue weighted by Gasteiger charge is 2.38. The van der Waals surface area contributed by atoms with Gasteiger partial charge in [-0.1, -0.05) is 26.0 Å². The van der Waals surface area contributed by atoms with Crippen LogP contribution in [0.2, 0.25) is 0 Å². The van der Waals surface area contributed by atoms with Gasteiger partial charge in [-0.2, -0.15) is 13.2 Å². The zero-order chi connectivity index (χ0) is 18.7. The fraction of sp³-hybridized carbons (Fsp3) is 0.400. The number of aromatic nitrogens is 1. The molecule has 0 bridgehead atoms. The molecule has 0 fully saturated rings. The van der Waals surface area contributed by atoms with E-state index in [9.17, 15) is 18.0 Å². The molecule has 6 nitrogen and oxygen atoms in total. The Morgan fingerprint density at radius 1 is 1.33 bits per heavy atom. The summed E-state index contributed by atoms with van der Waals surface area (Å²) < 4.78 is 36.9. The van der Waals surface area contributed by atoms with E-state index >= 15 is 0 Å². The Morgan fingerprint density at radius 2 is 1.88 bits per heavy atom. The van der Waals surface area contributed by atoms with E-state index in [1.54, 1.807) is 6.07 Å². The number of aliphatic carboxylic acids is 1. The van der Waals surface area contributed by atoms with E-state index in [-0.39, 0.29) is 17.6 Å². The van der Waals surface area contributed by atoms with Crippen LogP contribution in [0.25, 0.3) is 10.9 Å². The minimum atomic E-state index is -5.08. The SMILES string of the molecule is Cc1cccc2nc([C@@H](N)C(C)C)oc(=O)c12.O=C(O)C(F)(F)F. The minimum Gasteiger partial charge on any atom is -0.475 e. The van der Waals surface area contributed by atoms with Crippen LogP contribution in [-0.2, 0) is 4.79 Å². The van der Waals surface area contributed by atoms with Crippen LogP contribution in [0, 0.1) is 12.8 Å². The molecule has 132 valence electrons. The summed E-state index contributed by atoms with van der Waals surface area (Å²) in [6, 6.07) is 5.18. The molecule has 0 aliphatic rings. The Bertz CT molecular complexity index is 784. The number of nitrogens with two attached hydrogens (primary N) is 1. The standard InChI is InChI=1S/C13H16N2O2.C2HF3O2/c1-7(2)11(14)12-15-9-6-4-5-8(3)10(9)13(16)17-12;3-2(4,5)1(6)7/h4-7,11H,14H2,1-3H3;(H,6,7)/t11-;/m0./s1. The number of rotatable bonds is 2. The van der Waals surface area contributed by atoms with Crippen LogP contribution < -0.4 is 11.4 Å². The average molecular weight is 346 g/mol. The van der Waals surface area contributed by atoms with Crippen LogP contribution >= 0.6 is 0 Å². The summed E-state index contributed by atoms with van der Waals surface area (Å²) >= 11 is 0. The van der Waals surface area contributed by atoms with Crippen molar-refractivity contribution in [2.75, 3.05) is 0 Å². The lowest BCUT2D eigenvalue weighted by atomic mass is 10.1. The monoisotopic (exact) mass is 346 g/mol. The Hall–Kier alpha value is -2.42. The molecule has 0 saturated carbocycles. The summed E-state index contributed by atoms with van der Waals surface area (Å²) in [7, 11) is 0. The number of benzene rings is 1. The summed E-state index contributed by atoms with van der Waals surface area (Å²) in [6.07, 6.45) is -5.08. The molecule has 0 spiro atoms. The normalized spacial score (nSPS) is 12.7. The maximum Gasteiger partial charge on any atom is 0.490 e. The molecule has 2 aromatic rings. The van der Waals surface area contributed by atoms with Crippen LogP contribution in [-0.4, -0.2) is 22.2 Å². The van der Waals surface area contributed by atoms with Gasteiger partial charge in [-0.15, -0.1) is 0 Å². The summed E-state index contributed by atoms with van der Waals surface area (Å²) in [6.45, 7) is 5.79. The molecule has 1 aromatic carbocycles. The molecule has 3 N–H and O–H groups in total. The number of aryl methyl sites for hydroxylation is 1. The lowest BCUT2D eigenvalue weighted by Crippen LogP contribution is -2.21. The molecule has 0 amide bonds. The molecule has 2 rings (SSSR count). The number of hydrogen-bond donors (Lipinski definition) is 2. The van der Waals surface area contributed by atoms with Crippen molar-refractivity contribution in [3.63, 3.8) is 0 Å². The number of nitrogens with zero attached hydrogens (tertiary/aromatic N) is 1. The predicted molar refractivity (Wildman–Crippen MR) is 80.5 cm³/mol. The highest BCUT2D eigenvalue weighted by Crippen LogP contribution is 2.19. The first-order chi connectivity index (χ1) is 10.9. The van der Waals surface area contributed by atoms with Gasteiger partial charge < -0.3 is 15.3 Å². The topological polar surface area (TPSA) is 106 Å². The third kappa shape index (κ3) is 4.79. The Balaban J connectivity index is 0.000000351. The highest BCUT2D eigenvalue weighted by molar-refractivity contribution is 5.80. The van der Waals surface area contributed by atoms with Crippen LogP contribution in [0.3, 0.4) is 0 Å². The lowest BCUT2D eigenvalue weighted by molar-refractivity contribution is -0.192. The predicted octanol–water partition coefficient (Wildman–Crippen LogP) is 2.79. The van der Waals surface area contributed by atoms with Gasteiger partial charge in [0.15, 0.2) is 0 Å². The van der Waals surface area contributed by atoms with Crippen molar-refractivity contribution in [3.05, 3.63) is 40.1 Å². The van der Waals surface area contributed by atoms with E-state index in [0.717, 1.165) is 5.56 Å². The lowest BCUT2D eigenvalue weighted by Gasteiger charge is -2.13. The van der Waals surface area contributed by atoms with Crippen molar-refractivity contribution in [1.29, 1.82) is 0 Å². The van der Waals surface area contributed by atoms with Crippen LogP contribution in [0.15, 0.2) is 27.4 Å². The Morgan fingerprint density at radius 3 is 2.33 bits per heavy atom. The molecule has 1 aromatic heterocycles. The van der Waals surface area contributed by atoms with Gasteiger partial charge in [0.2, 0.25) is 5.89 Å². The number of alkyl halides is 3. The first-order valence-electron chi connectivity index (χ1n) is 6.91. The van der Waals surface area contributed by atoms with E-state index in [2.05, 4.69) is 4.98 Å². The number of hydrogen-bond acceptors (Lipinski definition) is 5. The molecular weight excluding hydrogens is 329 g/mol. The molecular formula is C15H17F3N2O4. The van der Waals surface area contributed by atoms with Crippen LogP contribution in [0.5, 0.6) is 0 Å². The summed E-state index contributed by atoms with van der Waals surface area (Å²) in [5.74, 6) is -2.27. The summed E-state index contributed by atoms with van der Waals surface area (Å²) in [4.78, 5) is 25.1. The third-order valence-electron chi connectivity index (χ3n) is 3.13. The molecule has 1 atom stereocenters. The largest absolute Gasteiger partial charge is 0.490 e. The Labute approximate surface area is 135 Å². The fourth-order valence-corrected chi connectivity index (χ4v) is 1.73. The zero-order valence-electron chi connectivity index (χ0n) is 13.2. The third-order valence-corrected chi connectivity index (χ3v) is 3.13. The number of halogens is 3. The molecule has 24 heavy (non-hydrogen) atoms. The second-order valence-corrected chi connectivity index (χ2v) is 5.38. The van der Waals surface area contributed by atoms with Gasteiger partial charge >= 0.3 is 17.8 Å². The van der Waals surface area contributed by atoms with Crippen molar-refractivity contribution >= 4 is 16.9 Å². The second kappa shape index (κ2) is 7.43. The second-order valence-electron chi connectivity index (χ2n) is 5.38. The van der Waals surface area contributed by atoms with Crippen LogP contribution in [0.1, 0.15) is 31.3 Å². The Kier molecular flexibility index (Phi) is 6.08. The maximum absolute atomic E-state index is 11.9. The van der Waals surface area contributed by atoms with Crippen molar-refractivity contribution in [2.45, 2.75) is 33.0 Å². The van der Waals surface area contributed by atoms with Crippen molar-refractivity contribution < 1.29 is 27.5 Å². The fourth-order valence-electron chi connectivity index (χ4n) is 1.73. The first kappa shape index (κ1) is 19.6. The summed E-state index contributed by atoms with van der Waals surface area (Å²) in [5, 5.41) is 7.66. The van der Waals surface area contributed by atoms with Gasteiger partial charge in [-0.3, -0.25) is 0 Å². The average Bonchev–Trinajstić information content (AvgIpc) is 2.45. The summed E-state index contributed by atoms with van der Waals surface area (Å²) in [5.41, 5.74) is 7.09. The maximum atomic E-state index is 11.9. The molecule has 0 aliphatic carbocycles. The quantitative estimate of drug-likeness (QED) is 0.866. The number of carboxylic acid groups (broad SMARTS) is 1. The van der Waals surface area contributed by atoms with Gasteiger partial charge in [0.25, 0.3) is 0 Å². The van der Waals surface area contributed by atoms with Gasteiger partial charge in [0, 0.05) is 0 Å². The first-order valence-corrected chi connectivity index (χ1v) is 6.91. The van der Waals surface area contributed by atoms with Crippen LogP contribution in [0.4, 0.5) is 13.2 Å². The zero-order valence-corrected chi connectivity index (χ0v) is 13.2. The highest BCUT2D eigenvalue weighted by atomic mass is 19.4. The van der Waals surface area contributed by atoms with Crippen molar-refractivity contribution in [2.24, 2.45) is 11.7 Å². The molecule has 0 unspecified atom stereocenters. The molecule has 0 aliphatic heterocycles. The number of carbonyl (C=O) groups is 1. The van der Waals surface area contributed by atoms with Gasteiger partial charge in [-0.05, 0) is 24.5 Å². The number of carboxylic acids is 1. The van der Waals surface area contributed by atoms with Gasteiger partial charge in [-0.25, -0.2) is 14.6 Å². The minimum absolute atomic E-state index is 0.174. The van der Waals surface area contributed by atoms with Gasteiger partial charge in [0.05, 0.1) is 16.9 Å². The van der Waals surface area contributed by atoms with Crippen molar-refractivity contribution in [1.82, 2.24) is 4.98 Å². The number of fused-ring (bicyclic) bond motifs is 1. The van der Waals surface area contributed by atoms with Crippen molar-refractivity contribution in [3.8, 4) is 0 Å². The van der Waals surface area contributed by atoms with E-state index in [0.29, 0.717) is 16.8 Å². The molecule has 1 heterocycles.